The highest BCUT2D eigenvalue weighted by Crippen LogP contribution is 2.29. The fourth-order valence-electron chi connectivity index (χ4n) is 4.40. The molecule has 0 fully saturated rings. The minimum atomic E-state index is 0.00624. The molecule has 0 saturated heterocycles. The van der Waals surface area contributed by atoms with Crippen molar-refractivity contribution < 1.29 is 19.3 Å². The molecule has 4 rings (SSSR count). The van der Waals surface area contributed by atoms with E-state index in [0.29, 0.717) is 23.9 Å². The number of methoxy groups -OCH3 is 2. The zero-order chi connectivity index (χ0) is 31.5. The third-order valence-electron chi connectivity index (χ3n) is 6.50. The first-order valence-electron chi connectivity index (χ1n) is 13.6. The Labute approximate surface area is 252 Å². The SMILES string of the molecule is C=CCOc1cc(/C=C/n2c(C)cc(=O)cc2C)ccc1OC.COc1ccc(/C=C/n2c(C)cc(=O)cc2C)cc1O. The lowest BCUT2D eigenvalue weighted by atomic mass is 10.2. The Balaban J connectivity index is 0.000000238. The Bertz CT molecular complexity index is 1710. The lowest BCUT2D eigenvalue weighted by Crippen LogP contribution is -2.08. The van der Waals surface area contributed by atoms with Crippen molar-refractivity contribution in [2.45, 2.75) is 27.7 Å². The number of rotatable bonds is 9. The minimum Gasteiger partial charge on any atom is -0.504 e. The van der Waals surface area contributed by atoms with E-state index in [1.807, 2.05) is 85.6 Å². The van der Waals surface area contributed by atoms with Gasteiger partial charge >= 0.3 is 0 Å². The molecule has 43 heavy (non-hydrogen) atoms. The Morgan fingerprint density at radius 2 is 1.12 bits per heavy atom. The van der Waals surface area contributed by atoms with Crippen LogP contribution in [0.25, 0.3) is 24.6 Å². The van der Waals surface area contributed by atoms with E-state index in [4.69, 9.17) is 14.2 Å². The van der Waals surface area contributed by atoms with Crippen LogP contribution in [0.1, 0.15) is 33.9 Å². The van der Waals surface area contributed by atoms with E-state index in [9.17, 15) is 14.7 Å². The number of phenols is 1. The van der Waals surface area contributed by atoms with E-state index in [0.717, 1.165) is 33.9 Å². The molecule has 0 spiro atoms. The van der Waals surface area contributed by atoms with Gasteiger partial charge < -0.3 is 28.5 Å². The molecule has 2 aromatic carbocycles. The predicted octanol–water partition coefficient (Wildman–Crippen LogP) is 6.47. The number of nitrogens with zero attached hydrogens (tertiary/aromatic N) is 2. The molecule has 4 aromatic rings. The molecule has 0 aliphatic carbocycles. The standard InChI is InChI=1S/C19H21NO3.C16H17NO3/c1-5-10-23-19-13-16(6-7-18(19)22-4)8-9-20-14(2)11-17(21)12-15(20)3;1-11-8-14(18)9-12(2)17(11)7-6-13-4-5-16(20-3)15(19)10-13/h5-9,11-13H,1,10H2,2-4H3;4-10,19H,1-3H3/b9-8+;7-6+. The molecule has 8 heteroatoms. The van der Waals surface area contributed by atoms with E-state index in [1.165, 1.54) is 7.11 Å². The predicted molar refractivity (Wildman–Crippen MR) is 174 cm³/mol. The summed E-state index contributed by atoms with van der Waals surface area (Å²) in [6.07, 6.45) is 9.32. The minimum absolute atomic E-state index is 0.00624. The Morgan fingerprint density at radius 1 is 0.674 bits per heavy atom. The molecule has 2 aromatic heterocycles. The average molecular weight is 583 g/mol. The van der Waals surface area contributed by atoms with Gasteiger partial charge in [0, 0.05) is 59.4 Å². The Hall–Kier alpha value is -5.24. The van der Waals surface area contributed by atoms with Crippen molar-refractivity contribution >= 4 is 24.6 Å². The quantitative estimate of drug-likeness (QED) is 0.227. The molecular formula is C35H38N2O6. The van der Waals surface area contributed by atoms with Crippen molar-refractivity contribution in [1.29, 1.82) is 0 Å². The highest BCUT2D eigenvalue weighted by Gasteiger charge is 2.05. The summed E-state index contributed by atoms with van der Waals surface area (Å²) in [5, 5.41) is 9.73. The summed E-state index contributed by atoms with van der Waals surface area (Å²) in [5.74, 6) is 1.89. The number of pyridine rings is 2. The normalized spacial score (nSPS) is 10.8. The van der Waals surface area contributed by atoms with Crippen LogP contribution in [0.15, 0.2) is 82.9 Å². The van der Waals surface area contributed by atoms with Gasteiger partial charge in [-0.3, -0.25) is 9.59 Å². The van der Waals surface area contributed by atoms with Gasteiger partial charge in [0.15, 0.2) is 33.9 Å². The Morgan fingerprint density at radius 3 is 1.53 bits per heavy atom. The maximum atomic E-state index is 11.5. The van der Waals surface area contributed by atoms with E-state index in [-0.39, 0.29) is 16.6 Å². The van der Waals surface area contributed by atoms with Crippen LogP contribution in [-0.2, 0) is 0 Å². The van der Waals surface area contributed by atoms with Gasteiger partial charge in [-0.2, -0.15) is 0 Å². The van der Waals surface area contributed by atoms with Crippen LogP contribution in [0.2, 0.25) is 0 Å². The van der Waals surface area contributed by atoms with Crippen molar-refractivity contribution in [3.63, 3.8) is 0 Å². The third-order valence-corrected chi connectivity index (χ3v) is 6.50. The molecule has 1 N–H and O–H groups in total. The van der Waals surface area contributed by atoms with Crippen LogP contribution in [0.5, 0.6) is 23.0 Å². The molecule has 0 radical (unpaired) electrons. The number of benzene rings is 2. The van der Waals surface area contributed by atoms with Gasteiger partial charge in [0.1, 0.15) is 6.61 Å². The number of hydrogen-bond acceptors (Lipinski definition) is 6. The Kier molecular flexibility index (Phi) is 11.3. The van der Waals surface area contributed by atoms with Gasteiger partial charge in [-0.15, -0.1) is 0 Å². The maximum Gasteiger partial charge on any atom is 0.182 e. The van der Waals surface area contributed by atoms with E-state index in [1.54, 1.807) is 49.6 Å². The van der Waals surface area contributed by atoms with Crippen LogP contribution in [0, 0.1) is 27.7 Å². The van der Waals surface area contributed by atoms with Crippen LogP contribution < -0.4 is 25.1 Å². The van der Waals surface area contributed by atoms with Gasteiger partial charge in [0.25, 0.3) is 0 Å². The molecule has 0 aliphatic rings. The number of phenolic OH excluding ortho intramolecular Hbond substituents is 1. The largest absolute Gasteiger partial charge is 0.504 e. The zero-order valence-corrected chi connectivity index (χ0v) is 25.5. The number of aryl methyl sites for hydroxylation is 4. The average Bonchev–Trinajstić information content (AvgIpc) is 2.95. The lowest BCUT2D eigenvalue weighted by Gasteiger charge is -2.11. The van der Waals surface area contributed by atoms with Gasteiger partial charge in [0.2, 0.25) is 0 Å². The second-order valence-corrected chi connectivity index (χ2v) is 9.76. The number of aromatic hydroxyl groups is 1. The molecule has 0 aliphatic heterocycles. The topological polar surface area (TPSA) is 91.9 Å². The molecule has 0 saturated carbocycles. The van der Waals surface area contributed by atoms with Gasteiger partial charge in [-0.1, -0.05) is 24.8 Å². The van der Waals surface area contributed by atoms with Crippen molar-refractivity contribution in [2.75, 3.05) is 20.8 Å². The molecule has 224 valence electrons. The van der Waals surface area contributed by atoms with E-state index in [2.05, 4.69) is 6.58 Å². The third kappa shape index (κ3) is 8.87. The fourth-order valence-corrected chi connectivity index (χ4v) is 4.40. The number of aromatic nitrogens is 2. The highest BCUT2D eigenvalue weighted by atomic mass is 16.5. The molecule has 2 heterocycles. The van der Waals surface area contributed by atoms with Crippen LogP contribution >= 0.6 is 0 Å². The molecule has 8 nitrogen and oxygen atoms in total. The van der Waals surface area contributed by atoms with Gasteiger partial charge in [0.05, 0.1) is 14.2 Å². The first-order chi connectivity index (χ1) is 20.6. The summed E-state index contributed by atoms with van der Waals surface area (Å²) >= 11 is 0. The van der Waals surface area contributed by atoms with Crippen molar-refractivity contribution in [1.82, 2.24) is 9.13 Å². The first kappa shape index (κ1) is 32.3. The number of hydrogen-bond donors (Lipinski definition) is 1. The summed E-state index contributed by atoms with van der Waals surface area (Å²) in [7, 11) is 3.12. The second kappa shape index (κ2) is 15.1. The zero-order valence-electron chi connectivity index (χ0n) is 25.5. The monoisotopic (exact) mass is 582 g/mol. The van der Waals surface area contributed by atoms with E-state index < -0.39 is 0 Å². The summed E-state index contributed by atoms with van der Waals surface area (Å²) in [6, 6.07) is 17.3. The highest BCUT2D eigenvalue weighted by molar-refractivity contribution is 5.65. The van der Waals surface area contributed by atoms with Crippen molar-refractivity contribution in [2.24, 2.45) is 0 Å². The van der Waals surface area contributed by atoms with Gasteiger partial charge in [-0.05, 0) is 75.2 Å². The van der Waals surface area contributed by atoms with Crippen LogP contribution in [0.3, 0.4) is 0 Å². The van der Waals surface area contributed by atoms with E-state index >= 15 is 0 Å². The maximum absolute atomic E-state index is 11.5. The molecule has 0 unspecified atom stereocenters. The summed E-state index contributed by atoms with van der Waals surface area (Å²) in [6.45, 7) is 11.6. The van der Waals surface area contributed by atoms with Crippen LogP contribution in [-0.4, -0.2) is 35.1 Å². The second-order valence-electron chi connectivity index (χ2n) is 9.76. The summed E-state index contributed by atoms with van der Waals surface area (Å²) in [5.41, 5.74) is 5.36. The lowest BCUT2D eigenvalue weighted by molar-refractivity contribution is 0.326. The van der Waals surface area contributed by atoms with Gasteiger partial charge in [-0.25, -0.2) is 0 Å². The smallest absolute Gasteiger partial charge is 0.182 e. The fraction of sp³-hybridized carbons (Fsp3) is 0.200. The van der Waals surface area contributed by atoms with Crippen LogP contribution in [0.4, 0.5) is 0 Å². The molecule has 0 atom stereocenters. The molecule has 0 amide bonds. The summed E-state index contributed by atoms with van der Waals surface area (Å²) < 4.78 is 19.8. The molecule has 0 bridgehead atoms. The molecular weight excluding hydrogens is 544 g/mol. The first-order valence-corrected chi connectivity index (χ1v) is 13.6. The van der Waals surface area contributed by atoms with Crippen molar-refractivity contribution in [3.05, 3.63) is 128 Å². The van der Waals surface area contributed by atoms with Crippen molar-refractivity contribution in [3.8, 4) is 23.0 Å². The number of ether oxygens (including phenoxy) is 3. The summed E-state index contributed by atoms with van der Waals surface area (Å²) in [4.78, 5) is 22.8.